The molecular formula is C15H13FN2O3. The van der Waals surface area contributed by atoms with Crippen LogP contribution in [0.2, 0.25) is 0 Å². The van der Waals surface area contributed by atoms with E-state index in [4.69, 9.17) is 0 Å². The van der Waals surface area contributed by atoms with Gasteiger partial charge in [-0.05, 0) is 24.3 Å². The van der Waals surface area contributed by atoms with Gasteiger partial charge in [0.1, 0.15) is 5.82 Å². The van der Waals surface area contributed by atoms with Crippen LogP contribution in [0.4, 0.5) is 10.1 Å². The molecule has 0 saturated carbocycles. The SMILES string of the molecule is O=C(CNc1ccccc1F)NOC(=O)c1ccccc1. The molecule has 2 aromatic rings. The van der Waals surface area contributed by atoms with Crippen molar-refractivity contribution in [3.05, 3.63) is 66.0 Å². The minimum atomic E-state index is -0.671. The standard InChI is InChI=1S/C15H13FN2O3/c16-12-8-4-5-9-13(12)17-10-14(19)18-21-15(20)11-6-2-1-3-7-11/h1-9,17H,10H2,(H,18,19). The summed E-state index contributed by atoms with van der Waals surface area (Å²) in [7, 11) is 0. The molecule has 0 aromatic heterocycles. The van der Waals surface area contributed by atoms with Crippen LogP contribution in [0.5, 0.6) is 0 Å². The normalized spacial score (nSPS) is 9.76. The van der Waals surface area contributed by atoms with E-state index in [-0.39, 0.29) is 12.2 Å². The first-order chi connectivity index (χ1) is 10.2. The summed E-state index contributed by atoms with van der Waals surface area (Å²) >= 11 is 0. The molecule has 1 amide bonds. The molecule has 0 unspecified atom stereocenters. The second kappa shape index (κ2) is 7.04. The number of hydrogen-bond acceptors (Lipinski definition) is 4. The Hall–Kier alpha value is -2.89. The average Bonchev–Trinajstić information content (AvgIpc) is 2.52. The third-order valence-electron chi connectivity index (χ3n) is 2.58. The summed E-state index contributed by atoms with van der Waals surface area (Å²) < 4.78 is 13.3. The van der Waals surface area contributed by atoms with E-state index in [0.717, 1.165) is 0 Å². The fourth-order valence-electron chi connectivity index (χ4n) is 1.55. The van der Waals surface area contributed by atoms with Crippen LogP contribution in [0.1, 0.15) is 10.4 Å². The molecule has 2 aromatic carbocycles. The molecule has 0 aliphatic heterocycles. The Bertz CT molecular complexity index is 632. The zero-order valence-electron chi connectivity index (χ0n) is 11.0. The summed E-state index contributed by atoms with van der Waals surface area (Å²) in [5.41, 5.74) is 2.51. The molecular weight excluding hydrogens is 275 g/mol. The summed E-state index contributed by atoms with van der Waals surface area (Å²) in [4.78, 5) is 27.7. The predicted molar refractivity (Wildman–Crippen MR) is 74.9 cm³/mol. The molecule has 0 spiro atoms. The van der Waals surface area contributed by atoms with Gasteiger partial charge in [0.05, 0.1) is 17.8 Å². The van der Waals surface area contributed by atoms with Crippen LogP contribution in [0.3, 0.4) is 0 Å². The van der Waals surface area contributed by atoms with Crippen molar-refractivity contribution < 1.29 is 18.8 Å². The van der Waals surface area contributed by atoms with Gasteiger partial charge in [0.15, 0.2) is 0 Å². The van der Waals surface area contributed by atoms with Crippen molar-refractivity contribution >= 4 is 17.6 Å². The minimum Gasteiger partial charge on any atom is -0.374 e. The molecule has 0 atom stereocenters. The lowest BCUT2D eigenvalue weighted by atomic mass is 10.2. The highest BCUT2D eigenvalue weighted by molar-refractivity contribution is 5.90. The third-order valence-corrected chi connectivity index (χ3v) is 2.58. The van der Waals surface area contributed by atoms with Crippen LogP contribution < -0.4 is 10.8 Å². The molecule has 108 valence electrons. The number of hydroxylamine groups is 1. The minimum absolute atomic E-state index is 0.196. The summed E-state index contributed by atoms with van der Waals surface area (Å²) in [5.74, 6) is -1.73. The molecule has 0 aliphatic carbocycles. The van der Waals surface area contributed by atoms with E-state index >= 15 is 0 Å². The summed E-state index contributed by atoms with van der Waals surface area (Å²) in [6.45, 7) is -0.219. The second-order valence-corrected chi connectivity index (χ2v) is 4.11. The van der Waals surface area contributed by atoms with Crippen molar-refractivity contribution in [2.75, 3.05) is 11.9 Å². The Morgan fingerprint density at radius 2 is 1.67 bits per heavy atom. The van der Waals surface area contributed by atoms with E-state index in [1.54, 1.807) is 42.5 Å². The Morgan fingerprint density at radius 3 is 2.38 bits per heavy atom. The summed E-state index contributed by atoms with van der Waals surface area (Å²) in [5, 5.41) is 2.60. The van der Waals surface area contributed by atoms with Crippen molar-refractivity contribution in [2.45, 2.75) is 0 Å². The Kier molecular flexibility index (Phi) is 4.87. The maximum absolute atomic E-state index is 13.3. The second-order valence-electron chi connectivity index (χ2n) is 4.11. The number of benzene rings is 2. The monoisotopic (exact) mass is 288 g/mol. The van der Waals surface area contributed by atoms with Crippen LogP contribution in [0.25, 0.3) is 0 Å². The van der Waals surface area contributed by atoms with Crippen molar-refractivity contribution in [1.29, 1.82) is 0 Å². The number of halogens is 1. The number of anilines is 1. The number of amides is 1. The molecule has 21 heavy (non-hydrogen) atoms. The number of carbonyl (C=O) groups is 2. The zero-order chi connectivity index (χ0) is 15.1. The molecule has 2 N–H and O–H groups in total. The maximum Gasteiger partial charge on any atom is 0.362 e. The van der Waals surface area contributed by atoms with E-state index in [0.29, 0.717) is 5.56 Å². The van der Waals surface area contributed by atoms with Gasteiger partial charge in [-0.3, -0.25) is 4.79 Å². The molecule has 5 nitrogen and oxygen atoms in total. The Morgan fingerprint density at radius 1 is 1.00 bits per heavy atom. The molecule has 0 saturated heterocycles. The van der Waals surface area contributed by atoms with Gasteiger partial charge in [0.25, 0.3) is 5.91 Å². The van der Waals surface area contributed by atoms with Crippen LogP contribution in [-0.2, 0) is 9.63 Å². The van der Waals surface area contributed by atoms with Gasteiger partial charge < -0.3 is 10.2 Å². The Labute approximate surface area is 120 Å². The largest absolute Gasteiger partial charge is 0.374 e. The van der Waals surface area contributed by atoms with Crippen LogP contribution in [0.15, 0.2) is 54.6 Å². The predicted octanol–water partition coefficient (Wildman–Crippen LogP) is 2.13. The van der Waals surface area contributed by atoms with Gasteiger partial charge >= 0.3 is 5.97 Å². The smallest absolute Gasteiger partial charge is 0.362 e. The van der Waals surface area contributed by atoms with E-state index in [9.17, 15) is 14.0 Å². The van der Waals surface area contributed by atoms with Crippen LogP contribution in [-0.4, -0.2) is 18.4 Å². The first-order valence-corrected chi connectivity index (χ1v) is 6.20. The highest BCUT2D eigenvalue weighted by atomic mass is 19.1. The van der Waals surface area contributed by atoms with Gasteiger partial charge in [0.2, 0.25) is 0 Å². The van der Waals surface area contributed by atoms with Crippen LogP contribution in [0, 0.1) is 5.82 Å². The highest BCUT2D eigenvalue weighted by Crippen LogP contribution is 2.11. The van der Waals surface area contributed by atoms with Gasteiger partial charge in [-0.1, -0.05) is 30.3 Å². The topological polar surface area (TPSA) is 67.4 Å². The lowest BCUT2D eigenvalue weighted by molar-refractivity contribution is -0.128. The lowest BCUT2D eigenvalue weighted by Gasteiger charge is -2.08. The molecule has 0 radical (unpaired) electrons. The fourth-order valence-corrected chi connectivity index (χ4v) is 1.55. The van der Waals surface area contributed by atoms with E-state index in [1.807, 2.05) is 5.48 Å². The number of rotatable bonds is 4. The molecule has 2 rings (SSSR count). The average molecular weight is 288 g/mol. The summed E-state index contributed by atoms with van der Waals surface area (Å²) in [6.07, 6.45) is 0. The van der Waals surface area contributed by atoms with Crippen LogP contribution >= 0.6 is 0 Å². The molecule has 0 fully saturated rings. The molecule has 0 bridgehead atoms. The van der Waals surface area contributed by atoms with Gasteiger partial charge in [-0.2, -0.15) is 5.48 Å². The summed E-state index contributed by atoms with van der Waals surface area (Å²) in [6, 6.07) is 14.2. The van der Waals surface area contributed by atoms with E-state index in [2.05, 4.69) is 10.2 Å². The van der Waals surface area contributed by atoms with Crippen molar-refractivity contribution in [1.82, 2.24) is 5.48 Å². The molecule has 0 aliphatic rings. The number of carbonyl (C=O) groups excluding carboxylic acids is 2. The maximum atomic E-state index is 13.3. The third kappa shape index (κ3) is 4.31. The zero-order valence-corrected chi connectivity index (χ0v) is 11.0. The Balaban J connectivity index is 1.78. The van der Waals surface area contributed by atoms with E-state index in [1.165, 1.54) is 12.1 Å². The first kappa shape index (κ1) is 14.5. The lowest BCUT2D eigenvalue weighted by Crippen LogP contribution is -2.32. The number of para-hydroxylation sites is 1. The van der Waals surface area contributed by atoms with Gasteiger partial charge in [0, 0.05) is 0 Å². The van der Waals surface area contributed by atoms with Gasteiger partial charge in [-0.15, -0.1) is 0 Å². The number of hydrogen-bond donors (Lipinski definition) is 2. The molecule has 6 heteroatoms. The fraction of sp³-hybridized carbons (Fsp3) is 0.0667. The highest BCUT2D eigenvalue weighted by Gasteiger charge is 2.09. The van der Waals surface area contributed by atoms with Crippen molar-refractivity contribution in [3.8, 4) is 0 Å². The van der Waals surface area contributed by atoms with E-state index < -0.39 is 17.7 Å². The molecule has 0 heterocycles. The van der Waals surface area contributed by atoms with Gasteiger partial charge in [-0.25, -0.2) is 9.18 Å². The first-order valence-electron chi connectivity index (χ1n) is 6.20. The van der Waals surface area contributed by atoms with Crippen molar-refractivity contribution in [2.24, 2.45) is 0 Å². The quantitative estimate of drug-likeness (QED) is 0.846. The van der Waals surface area contributed by atoms with Crippen molar-refractivity contribution in [3.63, 3.8) is 0 Å². The number of nitrogens with one attached hydrogen (secondary N) is 2.